The molecule has 2 aromatic carbocycles. The molecule has 0 aliphatic heterocycles. The lowest BCUT2D eigenvalue weighted by molar-refractivity contribution is -0.136. The van der Waals surface area contributed by atoms with Crippen molar-refractivity contribution in [2.45, 2.75) is 17.7 Å². The van der Waals surface area contributed by atoms with E-state index in [1.807, 2.05) is 0 Å². The van der Waals surface area contributed by atoms with Gasteiger partial charge in [-0.3, -0.25) is 4.79 Å². The number of hydrogen-bond acceptors (Lipinski definition) is 7. The molecule has 0 unspecified atom stereocenters. The first-order valence-electron chi connectivity index (χ1n) is 10.3. The van der Waals surface area contributed by atoms with Gasteiger partial charge in [-0.1, -0.05) is 6.07 Å². The van der Waals surface area contributed by atoms with E-state index in [9.17, 15) is 13.2 Å². The number of benzene rings is 2. The second kappa shape index (κ2) is 9.44. The molecule has 4 aromatic rings. The number of carbonyl (C=O) groups is 1. The van der Waals surface area contributed by atoms with Gasteiger partial charge in [-0.25, -0.2) is 17.4 Å². The van der Waals surface area contributed by atoms with Crippen molar-refractivity contribution in [3.8, 4) is 23.1 Å². The van der Waals surface area contributed by atoms with Crippen molar-refractivity contribution < 1.29 is 32.5 Å². The molecule has 0 atom stereocenters. The summed E-state index contributed by atoms with van der Waals surface area (Å²) >= 11 is 0. The zero-order valence-electron chi connectivity index (χ0n) is 18.5. The Morgan fingerprint density at radius 2 is 1.74 bits per heavy atom. The van der Waals surface area contributed by atoms with Crippen LogP contribution in [0.4, 0.5) is 0 Å². The quantitative estimate of drug-likeness (QED) is 0.379. The van der Waals surface area contributed by atoms with Gasteiger partial charge in [-0.15, -0.1) is 0 Å². The van der Waals surface area contributed by atoms with Crippen LogP contribution in [0.3, 0.4) is 0 Å². The largest absolute Gasteiger partial charge is 0.493 e. The van der Waals surface area contributed by atoms with Crippen molar-refractivity contribution in [1.82, 2.24) is 8.96 Å². The van der Waals surface area contributed by atoms with Crippen molar-refractivity contribution in [3.63, 3.8) is 0 Å². The van der Waals surface area contributed by atoms with Crippen LogP contribution in [0.25, 0.3) is 10.9 Å². The van der Waals surface area contributed by atoms with Crippen molar-refractivity contribution in [2.24, 2.45) is 0 Å². The molecule has 2 aromatic heterocycles. The van der Waals surface area contributed by atoms with E-state index >= 15 is 0 Å². The van der Waals surface area contributed by atoms with Crippen LogP contribution in [0.1, 0.15) is 12.0 Å². The van der Waals surface area contributed by atoms with Crippen LogP contribution in [-0.4, -0.2) is 42.7 Å². The van der Waals surface area contributed by atoms with Crippen molar-refractivity contribution in [3.05, 3.63) is 72.6 Å². The molecule has 0 aliphatic carbocycles. The Bertz CT molecular complexity index is 1430. The van der Waals surface area contributed by atoms with Crippen LogP contribution < -0.4 is 14.2 Å². The minimum Gasteiger partial charge on any atom is -0.493 e. The normalized spacial score (nSPS) is 11.4. The molecule has 0 aliphatic rings. The molecule has 34 heavy (non-hydrogen) atoms. The maximum atomic E-state index is 13.5. The SMILES string of the molecule is COc1cc2c(CCC(=O)O)cn(S(=O)(=O)c3ccc(Oc4ccccn4)cc3)c2cc1OC. The molecule has 0 spiro atoms. The Balaban J connectivity index is 1.77. The summed E-state index contributed by atoms with van der Waals surface area (Å²) in [6, 6.07) is 14.4. The Hall–Kier alpha value is -4.05. The van der Waals surface area contributed by atoms with Crippen LogP contribution in [0, 0.1) is 0 Å². The third-order valence-corrected chi connectivity index (χ3v) is 6.90. The molecule has 0 saturated heterocycles. The van der Waals surface area contributed by atoms with Gasteiger partial charge in [0.05, 0.1) is 24.6 Å². The van der Waals surface area contributed by atoms with E-state index in [1.165, 1.54) is 32.5 Å². The smallest absolute Gasteiger partial charge is 0.303 e. The Morgan fingerprint density at radius 3 is 2.35 bits per heavy atom. The van der Waals surface area contributed by atoms with E-state index in [4.69, 9.17) is 19.3 Å². The molecule has 0 bridgehead atoms. The number of aromatic nitrogens is 2. The number of methoxy groups -OCH3 is 2. The number of aryl methyl sites for hydroxylation is 1. The van der Waals surface area contributed by atoms with Gasteiger partial charge in [0.25, 0.3) is 10.0 Å². The lowest BCUT2D eigenvalue weighted by Gasteiger charge is -2.11. The Morgan fingerprint density at radius 1 is 1.03 bits per heavy atom. The van der Waals surface area contributed by atoms with E-state index in [0.29, 0.717) is 39.6 Å². The van der Waals surface area contributed by atoms with Crippen LogP contribution in [-0.2, 0) is 21.2 Å². The average Bonchev–Trinajstić information content (AvgIpc) is 3.21. The van der Waals surface area contributed by atoms with Crippen molar-refractivity contribution in [2.75, 3.05) is 14.2 Å². The summed E-state index contributed by atoms with van der Waals surface area (Å²) < 4.78 is 44.6. The Labute approximate surface area is 196 Å². The first-order chi connectivity index (χ1) is 16.3. The van der Waals surface area contributed by atoms with Crippen LogP contribution in [0.15, 0.2) is 71.9 Å². The predicted octanol–water partition coefficient (Wildman–Crippen LogP) is 4.10. The maximum absolute atomic E-state index is 13.5. The van der Waals surface area contributed by atoms with E-state index in [2.05, 4.69) is 4.98 Å². The van der Waals surface area contributed by atoms with E-state index in [0.717, 1.165) is 3.97 Å². The topological polar surface area (TPSA) is 117 Å². The summed E-state index contributed by atoms with van der Waals surface area (Å²) in [7, 11) is -1.09. The lowest BCUT2D eigenvalue weighted by atomic mass is 10.1. The predicted molar refractivity (Wildman–Crippen MR) is 124 cm³/mol. The number of pyridine rings is 1. The first kappa shape index (κ1) is 23.1. The molecule has 9 nitrogen and oxygen atoms in total. The van der Waals surface area contributed by atoms with Gasteiger partial charge >= 0.3 is 5.97 Å². The highest BCUT2D eigenvalue weighted by molar-refractivity contribution is 7.90. The molecule has 2 heterocycles. The van der Waals surface area contributed by atoms with Gasteiger partial charge in [0.1, 0.15) is 5.75 Å². The minimum absolute atomic E-state index is 0.0392. The summed E-state index contributed by atoms with van der Waals surface area (Å²) in [5.74, 6) is 0.612. The third kappa shape index (κ3) is 4.53. The number of rotatable bonds is 9. The number of carboxylic acids is 1. The molecule has 176 valence electrons. The van der Waals surface area contributed by atoms with Gasteiger partial charge in [0, 0.05) is 36.3 Å². The standard InChI is InChI=1S/C24H22N2O7S/c1-31-21-13-19-16(6-11-24(27)28)15-26(20(19)14-22(21)32-2)34(29,30)18-9-7-17(8-10-18)33-23-5-3-4-12-25-23/h3-5,7-10,12-15H,6,11H2,1-2H3,(H,27,28). The zero-order chi connectivity index (χ0) is 24.3. The second-order valence-corrected chi connectivity index (χ2v) is 9.13. The number of ether oxygens (including phenoxy) is 3. The molecule has 0 amide bonds. The number of carboxylic acid groups (broad SMARTS) is 1. The van der Waals surface area contributed by atoms with Crippen molar-refractivity contribution >= 4 is 26.9 Å². The number of nitrogens with zero attached hydrogens (tertiary/aromatic N) is 2. The molecule has 1 N–H and O–H groups in total. The van der Waals surface area contributed by atoms with Gasteiger partial charge in [0.2, 0.25) is 5.88 Å². The van der Waals surface area contributed by atoms with Crippen LogP contribution in [0.5, 0.6) is 23.1 Å². The van der Waals surface area contributed by atoms with E-state index < -0.39 is 16.0 Å². The zero-order valence-corrected chi connectivity index (χ0v) is 19.3. The average molecular weight is 483 g/mol. The number of aliphatic carboxylic acids is 1. The fourth-order valence-corrected chi connectivity index (χ4v) is 4.93. The Kier molecular flexibility index (Phi) is 6.42. The van der Waals surface area contributed by atoms with Gasteiger partial charge in [0.15, 0.2) is 11.5 Å². The summed E-state index contributed by atoms with van der Waals surface area (Å²) in [5, 5.41) is 9.69. The van der Waals surface area contributed by atoms with Crippen molar-refractivity contribution in [1.29, 1.82) is 0 Å². The second-order valence-electron chi connectivity index (χ2n) is 7.31. The molecule has 0 fully saturated rings. The molecule has 4 rings (SSSR count). The summed E-state index contributed by atoms with van der Waals surface area (Å²) in [5.41, 5.74) is 0.920. The lowest BCUT2D eigenvalue weighted by Crippen LogP contribution is -2.12. The van der Waals surface area contributed by atoms with Gasteiger partial charge < -0.3 is 19.3 Å². The highest BCUT2D eigenvalue weighted by atomic mass is 32.2. The number of hydrogen-bond donors (Lipinski definition) is 1. The summed E-state index contributed by atoms with van der Waals surface area (Å²) in [6.07, 6.45) is 3.05. The fourth-order valence-electron chi connectivity index (χ4n) is 3.55. The van der Waals surface area contributed by atoms with Crippen LogP contribution >= 0.6 is 0 Å². The first-order valence-corrected chi connectivity index (χ1v) is 11.7. The van der Waals surface area contributed by atoms with Crippen LogP contribution in [0.2, 0.25) is 0 Å². The summed E-state index contributed by atoms with van der Waals surface area (Å²) in [4.78, 5) is 15.3. The van der Waals surface area contributed by atoms with E-state index in [-0.39, 0.29) is 17.7 Å². The van der Waals surface area contributed by atoms with Gasteiger partial charge in [-0.2, -0.15) is 0 Å². The highest BCUT2D eigenvalue weighted by Gasteiger charge is 2.23. The fraction of sp³-hybridized carbons (Fsp3) is 0.167. The third-order valence-electron chi connectivity index (χ3n) is 5.21. The van der Waals surface area contributed by atoms with Gasteiger partial charge in [-0.05, 0) is 48.4 Å². The molecular formula is C24H22N2O7S. The van der Waals surface area contributed by atoms with E-state index in [1.54, 1.807) is 48.7 Å². The molecular weight excluding hydrogens is 460 g/mol. The molecule has 10 heteroatoms. The minimum atomic E-state index is -4.02. The molecule has 0 radical (unpaired) electrons. The number of fused-ring (bicyclic) bond motifs is 1. The summed E-state index contributed by atoms with van der Waals surface area (Å²) in [6.45, 7) is 0. The monoisotopic (exact) mass is 482 g/mol. The maximum Gasteiger partial charge on any atom is 0.303 e. The highest BCUT2D eigenvalue weighted by Crippen LogP contribution is 2.36. The molecule has 0 saturated carbocycles.